The monoisotopic (exact) mass is 440 g/mol. The molecule has 0 fully saturated rings. The van der Waals surface area contributed by atoms with Crippen LogP contribution in [-0.4, -0.2) is 28.2 Å². The largest absolute Gasteiger partial charge is 0.495 e. The molecule has 0 unspecified atom stereocenters. The van der Waals surface area contributed by atoms with E-state index in [0.29, 0.717) is 34.2 Å². The Morgan fingerprint density at radius 2 is 1.77 bits per heavy atom. The third-order valence-electron chi connectivity index (χ3n) is 4.72. The van der Waals surface area contributed by atoms with Crippen molar-refractivity contribution in [1.29, 1.82) is 0 Å². The molecule has 0 aliphatic carbocycles. The first-order valence-electron chi connectivity index (χ1n) is 9.35. The second kappa shape index (κ2) is 8.19. The smallest absolute Gasteiger partial charge is 0.262 e. The first kappa shape index (κ1) is 20.5. The van der Waals surface area contributed by atoms with E-state index in [1.165, 1.54) is 13.2 Å². The number of hydrogen-bond donors (Lipinski definition) is 2. The van der Waals surface area contributed by atoms with Gasteiger partial charge in [-0.1, -0.05) is 18.2 Å². The predicted octanol–water partition coefficient (Wildman–Crippen LogP) is 3.79. The first-order chi connectivity index (χ1) is 14.9. The SMILES string of the molecule is COc1ccccc1NS(=O)(=O)c1cc(C(=O)Nc2ccc3c(c2)OCO3)ccc1C. The molecule has 0 saturated heterocycles. The molecule has 0 spiro atoms. The molecule has 31 heavy (non-hydrogen) atoms. The summed E-state index contributed by atoms with van der Waals surface area (Å²) in [5, 5.41) is 2.74. The number of para-hydroxylation sites is 2. The second-order valence-electron chi connectivity index (χ2n) is 6.81. The van der Waals surface area contributed by atoms with Gasteiger partial charge in [0.25, 0.3) is 15.9 Å². The number of anilines is 2. The molecule has 1 heterocycles. The number of carbonyl (C=O) groups is 1. The highest BCUT2D eigenvalue weighted by molar-refractivity contribution is 7.92. The minimum atomic E-state index is -3.96. The number of hydrogen-bond acceptors (Lipinski definition) is 6. The van der Waals surface area contributed by atoms with Gasteiger partial charge in [0.1, 0.15) is 5.75 Å². The van der Waals surface area contributed by atoms with E-state index in [-0.39, 0.29) is 17.3 Å². The van der Waals surface area contributed by atoms with E-state index in [1.54, 1.807) is 61.5 Å². The molecule has 0 aromatic heterocycles. The minimum absolute atomic E-state index is 0.00302. The third-order valence-corrected chi connectivity index (χ3v) is 6.23. The third kappa shape index (κ3) is 4.26. The number of fused-ring (bicyclic) bond motifs is 1. The van der Waals surface area contributed by atoms with E-state index in [9.17, 15) is 13.2 Å². The Bertz CT molecular complexity index is 1260. The summed E-state index contributed by atoms with van der Waals surface area (Å²) in [5.74, 6) is 1.07. The van der Waals surface area contributed by atoms with Crippen LogP contribution in [0.3, 0.4) is 0 Å². The lowest BCUT2D eigenvalue weighted by Gasteiger charge is -2.14. The molecule has 8 nitrogen and oxygen atoms in total. The van der Waals surface area contributed by atoms with Crippen molar-refractivity contribution in [3.63, 3.8) is 0 Å². The maximum absolute atomic E-state index is 13.0. The summed E-state index contributed by atoms with van der Waals surface area (Å²) in [6, 6.07) is 16.2. The molecular weight excluding hydrogens is 420 g/mol. The number of benzene rings is 3. The lowest BCUT2D eigenvalue weighted by Crippen LogP contribution is -2.17. The Balaban J connectivity index is 1.59. The van der Waals surface area contributed by atoms with Gasteiger partial charge in [0.15, 0.2) is 11.5 Å². The summed E-state index contributed by atoms with van der Waals surface area (Å²) in [4.78, 5) is 12.7. The van der Waals surface area contributed by atoms with Gasteiger partial charge in [-0.05, 0) is 48.9 Å². The molecule has 3 aromatic carbocycles. The normalized spacial score (nSPS) is 12.3. The van der Waals surface area contributed by atoms with Crippen molar-refractivity contribution in [2.45, 2.75) is 11.8 Å². The van der Waals surface area contributed by atoms with Crippen LogP contribution in [0.2, 0.25) is 0 Å². The van der Waals surface area contributed by atoms with Crippen molar-refractivity contribution in [3.05, 3.63) is 71.8 Å². The van der Waals surface area contributed by atoms with Gasteiger partial charge in [-0.25, -0.2) is 8.42 Å². The maximum Gasteiger partial charge on any atom is 0.262 e. The summed E-state index contributed by atoms with van der Waals surface area (Å²) >= 11 is 0. The Morgan fingerprint density at radius 3 is 2.58 bits per heavy atom. The molecule has 4 rings (SSSR count). The van der Waals surface area contributed by atoms with Gasteiger partial charge in [-0.15, -0.1) is 0 Å². The molecule has 160 valence electrons. The molecule has 9 heteroatoms. The topological polar surface area (TPSA) is 103 Å². The van der Waals surface area contributed by atoms with E-state index >= 15 is 0 Å². The number of methoxy groups -OCH3 is 1. The van der Waals surface area contributed by atoms with Crippen LogP contribution >= 0.6 is 0 Å². The van der Waals surface area contributed by atoms with Crippen molar-refractivity contribution >= 4 is 27.3 Å². The number of nitrogens with one attached hydrogen (secondary N) is 2. The van der Waals surface area contributed by atoms with Crippen molar-refractivity contribution in [3.8, 4) is 17.2 Å². The van der Waals surface area contributed by atoms with Crippen LogP contribution in [0, 0.1) is 6.92 Å². The lowest BCUT2D eigenvalue weighted by atomic mass is 10.1. The molecule has 3 aromatic rings. The number of sulfonamides is 1. The predicted molar refractivity (Wildman–Crippen MR) is 115 cm³/mol. The fourth-order valence-electron chi connectivity index (χ4n) is 3.14. The number of carbonyl (C=O) groups excluding carboxylic acids is 1. The molecular formula is C22H20N2O6S. The van der Waals surface area contributed by atoms with Crippen LogP contribution in [0.1, 0.15) is 15.9 Å². The Hall–Kier alpha value is -3.72. The van der Waals surface area contributed by atoms with E-state index in [0.717, 1.165) is 0 Å². The zero-order chi connectivity index (χ0) is 22.0. The Labute approximate surface area is 179 Å². The van der Waals surface area contributed by atoms with Gasteiger partial charge in [0, 0.05) is 17.3 Å². The minimum Gasteiger partial charge on any atom is -0.495 e. The van der Waals surface area contributed by atoms with Gasteiger partial charge < -0.3 is 19.5 Å². The molecule has 0 saturated carbocycles. The first-order valence-corrected chi connectivity index (χ1v) is 10.8. The average Bonchev–Trinajstić information content (AvgIpc) is 3.22. The van der Waals surface area contributed by atoms with Crippen molar-refractivity contribution in [2.75, 3.05) is 23.9 Å². The second-order valence-corrected chi connectivity index (χ2v) is 8.46. The average molecular weight is 440 g/mol. The van der Waals surface area contributed by atoms with Gasteiger partial charge in [0.05, 0.1) is 17.7 Å². The summed E-state index contributed by atoms with van der Waals surface area (Å²) in [6.07, 6.45) is 0. The fraction of sp³-hybridized carbons (Fsp3) is 0.136. The number of ether oxygens (including phenoxy) is 3. The molecule has 0 atom stereocenters. The van der Waals surface area contributed by atoms with Crippen molar-refractivity contribution in [2.24, 2.45) is 0 Å². The van der Waals surface area contributed by atoms with Crippen LogP contribution in [0.25, 0.3) is 0 Å². The maximum atomic E-state index is 13.0. The number of rotatable bonds is 6. The molecule has 2 N–H and O–H groups in total. The molecule has 1 aliphatic rings. The van der Waals surface area contributed by atoms with E-state index < -0.39 is 15.9 Å². The van der Waals surface area contributed by atoms with Crippen LogP contribution in [-0.2, 0) is 10.0 Å². The van der Waals surface area contributed by atoms with Crippen LogP contribution in [0.5, 0.6) is 17.2 Å². The van der Waals surface area contributed by atoms with Crippen LogP contribution in [0.15, 0.2) is 65.6 Å². The quantitative estimate of drug-likeness (QED) is 0.605. The molecule has 1 aliphatic heterocycles. The van der Waals surface area contributed by atoms with Gasteiger partial charge in [-0.3, -0.25) is 9.52 Å². The summed E-state index contributed by atoms with van der Waals surface area (Å²) in [6.45, 7) is 1.79. The van der Waals surface area contributed by atoms with E-state index in [2.05, 4.69) is 10.0 Å². The fourth-order valence-corrected chi connectivity index (χ4v) is 4.48. The Morgan fingerprint density at radius 1 is 1.00 bits per heavy atom. The van der Waals surface area contributed by atoms with Gasteiger partial charge >= 0.3 is 0 Å². The highest BCUT2D eigenvalue weighted by Gasteiger charge is 2.21. The molecule has 1 amide bonds. The zero-order valence-electron chi connectivity index (χ0n) is 16.8. The number of amides is 1. The lowest BCUT2D eigenvalue weighted by molar-refractivity contribution is 0.102. The van der Waals surface area contributed by atoms with E-state index in [4.69, 9.17) is 14.2 Å². The highest BCUT2D eigenvalue weighted by Crippen LogP contribution is 2.34. The standard InChI is InChI=1S/C22H20N2O6S/c1-14-7-8-15(22(25)23-16-9-10-19-20(12-16)30-13-29-19)11-21(14)31(26,27)24-17-5-3-4-6-18(17)28-2/h3-12,24H,13H2,1-2H3,(H,23,25). The summed E-state index contributed by atoms with van der Waals surface area (Å²) in [5.41, 5.74) is 1.51. The highest BCUT2D eigenvalue weighted by atomic mass is 32.2. The van der Waals surface area contributed by atoms with Crippen molar-refractivity contribution in [1.82, 2.24) is 0 Å². The van der Waals surface area contributed by atoms with E-state index in [1.807, 2.05) is 0 Å². The molecule has 0 bridgehead atoms. The van der Waals surface area contributed by atoms with Crippen LogP contribution in [0.4, 0.5) is 11.4 Å². The van der Waals surface area contributed by atoms with Crippen LogP contribution < -0.4 is 24.2 Å². The van der Waals surface area contributed by atoms with Gasteiger partial charge in [0.2, 0.25) is 6.79 Å². The van der Waals surface area contributed by atoms with Crippen molar-refractivity contribution < 1.29 is 27.4 Å². The molecule has 0 radical (unpaired) electrons. The summed E-state index contributed by atoms with van der Waals surface area (Å²) in [7, 11) is -2.50. The van der Waals surface area contributed by atoms with Gasteiger partial charge in [-0.2, -0.15) is 0 Å². The zero-order valence-corrected chi connectivity index (χ0v) is 17.7. The Kier molecular flexibility index (Phi) is 5.43. The summed E-state index contributed by atoms with van der Waals surface area (Å²) < 4.78 is 44.3. The number of aryl methyl sites for hydroxylation is 1.